The van der Waals surface area contributed by atoms with Gasteiger partial charge in [0.15, 0.2) is 5.84 Å². The lowest BCUT2D eigenvalue weighted by Crippen LogP contribution is -2.14. The molecule has 0 saturated heterocycles. The predicted molar refractivity (Wildman–Crippen MR) is 67.5 cm³/mol. The van der Waals surface area contributed by atoms with Crippen molar-refractivity contribution in [3.05, 3.63) is 46.8 Å². The fourth-order valence-corrected chi connectivity index (χ4v) is 1.77. The molecule has 1 aromatic carbocycles. The fourth-order valence-electron chi connectivity index (χ4n) is 1.77. The first-order chi connectivity index (χ1) is 9.01. The molecule has 2 rings (SSSR count). The molecular formula is C12H14FN5O. The summed E-state index contributed by atoms with van der Waals surface area (Å²) < 4.78 is 15.5. The van der Waals surface area contributed by atoms with Crippen molar-refractivity contribution in [2.45, 2.75) is 20.4 Å². The highest BCUT2D eigenvalue weighted by Gasteiger charge is 2.09. The number of halogens is 1. The third-order valence-electron chi connectivity index (χ3n) is 2.74. The Balaban J connectivity index is 2.29. The van der Waals surface area contributed by atoms with Crippen LogP contribution >= 0.6 is 0 Å². The molecule has 1 heterocycles. The van der Waals surface area contributed by atoms with Crippen molar-refractivity contribution in [1.29, 1.82) is 0 Å². The summed E-state index contributed by atoms with van der Waals surface area (Å²) in [5, 5.41) is 15.5. The van der Waals surface area contributed by atoms with E-state index in [9.17, 15) is 4.39 Å². The summed E-state index contributed by atoms with van der Waals surface area (Å²) in [7, 11) is 0. The molecule has 6 nitrogen and oxygen atoms in total. The molecule has 100 valence electrons. The SMILES string of the molecule is Cc1nc(C)n(Cc2ccc(C(N)=NO)cc2F)n1. The van der Waals surface area contributed by atoms with Gasteiger partial charge in [0.25, 0.3) is 0 Å². The molecule has 19 heavy (non-hydrogen) atoms. The van der Waals surface area contributed by atoms with Gasteiger partial charge in [0, 0.05) is 11.1 Å². The average molecular weight is 263 g/mol. The molecule has 0 aliphatic heterocycles. The molecule has 1 aromatic heterocycles. The highest BCUT2D eigenvalue weighted by Crippen LogP contribution is 2.12. The Morgan fingerprint density at radius 1 is 1.47 bits per heavy atom. The van der Waals surface area contributed by atoms with E-state index < -0.39 is 5.82 Å². The summed E-state index contributed by atoms with van der Waals surface area (Å²) in [5.41, 5.74) is 6.19. The lowest BCUT2D eigenvalue weighted by molar-refractivity contribution is 0.318. The fraction of sp³-hybridized carbons (Fsp3) is 0.250. The third kappa shape index (κ3) is 2.70. The van der Waals surface area contributed by atoms with Gasteiger partial charge in [-0.05, 0) is 19.9 Å². The van der Waals surface area contributed by atoms with E-state index >= 15 is 0 Å². The highest BCUT2D eigenvalue weighted by molar-refractivity contribution is 5.97. The van der Waals surface area contributed by atoms with E-state index in [-0.39, 0.29) is 12.4 Å². The van der Waals surface area contributed by atoms with E-state index in [0.717, 1.165) is 5.82 Å². The summed E-state index contributed by atoms with van der Waals surface area (Å²) in [4.78, 5) is 4.15. The van der Waals surface area contributed by atoms with Gasteiger partial charge in [-0.25, -0.2) is 14.1 Å². The first-order valence-corrected chi connectivity index (χ1v) is 5.65. The molecule has 0 atom stereocenters. The van der Waals surface area contributed by atoms with Crippen LogP contribution in [0.25, 0.3) is 0 Å². The second-order valence-electron chi connectivity index (χ2n) is 4.16. The number of oxime groups is 1. The number of aromatic nitrogens is 3. The minimum atomic E-state index is -0.434. The number of benzene rings is 1. The summed E-state index contributed by atoms with van der Waals surface area (Å²) in [5.74, 6) is 0.804. The smallest absolute Gasteiger partial charge is 0.170 e. The van der Waals surface area contributed by atoms with E-state index in [4.69, 9.17) is 10.9 Å². The molecule has 0 bridgehead atoms. The summed E-state index contributed by atoms with van der Waals surface area (Å²) >= 11 is 0. The molecule has 2 aromatic rings. The Morgan fingerprint density at radius 2 is 2.21 bits per heavy atom. The van der Waals surface area contributed by atoms with E-state index in [1.54, 1.807) is 23.7 Å². The second kappa shape index (κ2) is 5.05. The number of aryl methyl sites for hydroxylation is 2. The van der Waals surface area contributed by atoms with Gasteiger partial charge >= 0.3 is 0 Å². The molecule has 0 aliphatic carbocycles. The molecule has 0 amide bonds. The van der Waals surface area contributed by atoms with Crippen LogP contribution in [-0.2, 0) is 6.54 Å². The maximum absolute atomic E-state index is 13.9. The maximum atomic E-state index is 13.9. The van der Waals surface area contributed by atoms with E-state index in [1.165, 1.54) is 6.07 Å². The Kier molecular flexibility index (Phi) is 3.46. The van der Waals surface area contributed by atoms with Gasteiger partial charge in [0.1, 0.15) is 17.5 Å². The largest absolute Gasteiger partial charge is 0.409 e. The number of hydrogen-bond acceptors (Lipinski definition) is 4. The summed E-state index contributed by atoms with van der Waals surface area (Å²) in [6, 6.07) is 4.40. The van der Waals surface area contributed by atoms with Crippen molar-refractivity contribution < 1.29 is 9.60 Å². The minimum absolute atomic E-state index is 0.127. The molecule has 0 aliphatic rings. The average Bonchev–Trinajstić information content (AvgIpc) is 2.69. The van der Waals surface area contributed by atoms with Crippen LogP contribution in [0, 0.1) is 19.7 Å². The van der Waals surface area contributed by atoms with Gasteiger partial charge < -0.3 is 10.9 Å². The van der Waals surface area contributed by atoms with Crippen LogP contribution in [0.4, 0.5) is 4.39 Å². The zero-order chi connectivity index (χ0) is 14.0. The van der Waals surface area contributed by atoms with Crippen LogP contribution in [0.15, 0.2) is 23.4 Å². The first-order valence-electron chi connectivity index (χ1n) is 5.65. The zero-order valence-electron chi connectivity index (χ0n) is 10.6. The molecule has 0 spiro atoms. The van der Waals surface area contributed by atoms with Crippen molar-refractivity contribution in [1.82, 2.24) is 14.8 Å². The van der Waals surface area contributed by atoms with Crippen LogP contribution in [0.3, 0.4) is 0 Å². The number of rotatable bonds is 3. The normalized spacial score (nSPS) is 11.8. The minimum Gasteiger partial charge on any atom is -0.409 e. The van der Waals surface area contributed by atoms with E-state index in [2.05, 4.69) is 15.2 Å². The van der Waals surface area contributed by atoms with Gasteiger partial charge in [0.2, 0.25) is 0 Å². The lowest BCUT2D eigenvalue weighted by atomic mass is 10.1. The summed E-state index contributed by atoms with van der Waals surface area (Å²) in [6.45, 7) is 3.87. The summed E-state index contributed by atoms with van der Waals surface area (Å²) in [6.07, 6.45) is 0. The van der Waals surface area contributed by atoms with Crippen LogP contribution in [-0.4, -0.2) is 25.8 Å². The maximum Gasteiger partial charge on any atom is 0.170 e. The van der Waals surface area contributed by atoms with Crippen molar-refractivity contribution >= 4 is 5.84 Å². The number of nitrogens with zero attached hydrogens (tertiary/aromatic N) is 4. The van der Waals surface area contributed by atoms with Crippen LogP contribution < -0.4 is 5.73 Å². The highest BCUT2D eigenvalue weighted by atomic mass is 19.1. The molecule has 0 radical (unpaired) electrons. The van der Waals surface area contributed by atoms with E-state index in [1.807, 2.05) is 6.92 Å². The van der Waals surface area contributed by atoms with Gasteiger partial charge in [-0.1, -0.05) is 17.3 Å². The monoisotopic (exact) mass is 263 g/mol. The third-order valence-corrected chi connectivity index (χ3v) is 2.74. The van der Waals surface area contributed by atoms with Crippen molar-refractivity contribution in [3.8, 4) is 0 Å². The van der Waals surface area contributed by atoms with Crippen LogP contribution in [0.2, 0.25) is 0 Å². The van der Waals surface area contributed by atoms with Gasteiger partial charge in [-0.2, -0.15) is 5.10 Å². The van der Waals surface area contributed by atoms with Crippen molar-refractivity contribution in [2.24, 2.45) is 10.9 Å². The number of amidine groups is 1. The van der Waals surface area contributed by atoms with Gasteiger partial charge in [-0.15, -0.1) is 0 Å². The molecular weight excluding hydrogens is 249 g/mol. The van der Waals surface area contributed by atoms with Crippen LogP contribution in [0.5, 0.6) is 0 Å². The van der Waals surface area contributed by atoms with Gasteiger partial charge in [0.05, 0.1) is 6.54 Å². The van der Waals surface area contributed by atoms with Crippen molar-refractivity contribution in [2.75, 3.05) is 0 Å². The number of hydrogen-bond donors (Lipinski definition) is 2. The number of nitrogens with two attached hydrogens (primary N) is 1. The Hall–Kier alpha value is -2.44. The quantitative estimate of drug-likeness (QED) is 0.376. The van der Waals surface area contributed by atoms with E-state index in [0.29, 0.717) is 17.0 Å². The predicted octanol–water partition coefficient (Wildman–Crippen LogP) is 1.18. The second-order valence-corrected chi connectivity index (χ2v) is 4.16. The molecule has 3 N–H and O–H groups in total. The topological polar surface area (TPSA) is 89.3 Å². The van der Waals surface area contributed by atoms with Crippen LogP contribution in [0.1, 0.15) is 22.8 Å². The van der Waals surface area contributed by atoms with Gasteiger partial charge in [-0.3, -0.25) is 0 Å². The Labute approximate surface area is 109 Å². The lowest BCUT2D eigenvalue weighted by Gasteiger charge is -2.06. The molecule has 7 heteroatoms. The molecule has 0 unspecified atom stereocenters. The molecule has 0 fully saturated rings. The Morgan fingerprint density at radius 3 is 2.74 bits per heavy atom. The Bertz CT molecular complexity index is 635. The molecule has 0 saturated carbocycles. The zero-order valence-corrected chi connectivity index (χ0v) is 10.6. The van der Waals surface area contributed by atoms with Crippen molar-refractivity contribution in [3.63, 3.8) is 0 Å². The standard InChI is InChI=1S/C12H14FN5O/c1-7-15-8(2)18(16-7)6-10-4-3-9(5-11(10)13)12(14)17-19/h3-5,19H,6H2,1-2H3,(H2,14,17). The first kappa shape index (κ1) is 13.0.